The van der Waals surface area contributed by atoms with Crippen LogP contribution in [0.2, 0.25) is 18.1 Å². The fraction of sp³-hybridized carbons (Fsp3) is 0.776. The van der Waals surface area contributed by atoms with Gasteiger partial charge in [0.25, 0.3) is 0 Å². The molecule has 1 aromatic carbocycles. The van der Waals surface area contributed by atoms with Crippen LogP contribution in [0.1, 0.15) is 169 Å². The molecule has 0 aromatic heterocycles. The van der Waals surface area contributed by atoms with Crippen LogP contribution in [-0.2, 0) is 23.4 Å². The van der Waals surface area contributed by atoms with E-state index in [-0.39, 0.29) is 47.6 Å². The van der Waals surface area contributed by atoms with Gasteiger partial charge in [0.05, 0.1) is 36.6 Å². The Bertz CT molecular complexity index is 1470. The summed E-state index contributed by atoms with van der Waals surface area (Å²) in [6, 6.07) is 10.2. The minimum Gasteiger partial charge on any atom is -0.462 e. The highest BCUT2D eigenvalue weighted by molar-refractivity contribution is 8.01. The number of cyclic esters (lactones) is 1. The second kappa shape index (κ2) is 24.6. The quantitative estimate of drug-likeness (QED) is 0.0460. The fourth-order valence-electron chi connectivity index (χ4n) is 8.41. The number of carbonyl (C=O) groups is 1. The number of rotatable bonds is 24. The second-order valence-corrected chi connectivity index (χ2v) is 25.1. The first-order valence-electron chi connectivity index (χ1n) is 23.0. The van der Waals surface area contributed by atoms with Gasteiger partial charge in [0.15, 0.2) is 8.32 Å². The van der Waals surface area contributed by atoms with Crippen molar-refractivity contribution in [2.75, 3.05) is 0 Å². The largest absolute Gasteiger partial charge is 0.462 e. The molecular weight excluding hydrogens is 761 g/mol. The average molecular weight is 839 g/mol. The van der Waals surface area contributed by atoms with Crippen molar-refractivity contribution in [1.29, 1.82) is 0 Å². The first-order chi connectivity index (χ1) is 27.7. The van der Waals surface area contributed by atoms with Gasteiger partial charge in [0.2, 0.25) is 0 Å². The molecule has 4 rings (SSSR count). The molecule has 0 saturated carbocycles. The number of esters is 1. The van der Waals surface area contributed by atoms with Gasteiger partial charge in [-0.3, -0.25) is 4.79 Å². The van der Waals surface area contributed by atoms with E-state index in [1.165, 1.54) is 44.9 Å². The van der Waals surface area contributed by atoms with E-state index in [9.17, 15) is 15.0 Å². The monoisotopic (exact) mass is 839 g/mol. The van der Waals surface area contributed by atoms with Gasteiger partial charge in [0.1, 0.15) is 10.9 Å². The van der Waals surface area contributed by atoms with E-state index in [1.807, 2.05) is 25.1 Å². The maximum absolute atomic E-state index is 13.4. The van der Waals surface area contributed by atoms with Gasteiger partial charge in [-0.25, -0.2) is 0 Å². The first kappa shape index (κ1) is 48.8. The number of hydrogen-bond donors (Lipinski definition) is 2. The Labute approximate surface area is 358 Å². The summed E-state index contributed by atoms with van der Waals surface area (Å²) in [6.45, 7) is 15.6. The lowest BCUT2D eigenvalue weighted by molar-refractivity contribution is -0.143. The fourth-order valence-corrected chi connectivity index (χ4v) is 11.3. The highest BCUT2D eigenvalue weighted by Crippen LogP contribution is 2.48. The molecule has 0 amide bonds. The highest BCUT2D eigenvalue weighted by Gasteiger charge is 2.51. The van der Waals surface area contributed by atoms with Crippen LogP contribution >= 0.6 is 11.8 Å². The van der Waals surface area contributed by atoms with Gasteiger partial charge in [-0.15, -0.1) is 11.8 Å². The van der Waals surface area contributed by atoms with Crippen LogP contribution < -0.4 is 0 Å². The molecule has 0 bridgehead atoms. The summed E-state index contributed by atoms with van der Waals surface area (Å²) in [6.07, 6.45) is 19.1. The molecular formula is C49H78O7SSi. The Morgan fingerprint density at radius 3 is 2.03 bits per heavy atom. The zero-order valence-electron chi connectivity index (χ0n) is 37.2. The minimum absolute atomic E-state index is 0.00633. The number of ether oxygens (including phenoxy) is 3. The topological polar surface area (TPSA) is 94.5 Å². The molecule has 3 fully saturated rings. The zero-order chi connectivity index (χ0) is 42.0. The Morgan fingerprint density at radius 2 is 1.41 bits per heavy atom. The van der Waals surface area contributed by atoms with Gasteiger partial charge in [-0.05, 0) is 100 Å². The smallest absolute Gasteiger partial charge is 0.323 e. The van der Waals surface area contributed by atoms with Crippen molar-refractivity contribution in [3.05, 3.63) is 30.3 Å². The molecule has 0 radical (unpaired) electrons. The Hall–Kier alpha value is -1.82. The third-order valence-corrected chi connectivity index (χ3v) is 18.8. The van der Waals surface area contributed by atoms with Crippen LogP contribution in [0.5, 0.6) is 0 Å². The molecule has 3 aliphatic heterocycles. The number of aliphatic hydroxyl groups excluding tert-OH is 2. The lowest BCUT2D eigenvalue weighted by Crippen LogP contribution is -2.46. The minimum atomic E-state index is -2.08. The van der Waals surface area contributed by atoms with Crippen molar-refractivity contribution in [3.63, 3.8) is 0 Å². The summed E-state index contributed by atoms with van der Waals surface area (Å²) in [7, 11) is -2.08. The van der Waals surface area contributed by atoms with Crippen molar-refractivity contribution in [1.82, 2.24) is 0 Å². The number of benzene rings is 1. The molecule has 326 valence electrons. The van der Waals surface area contributed by atoms with Crippen LogP contribution in [0.3, 0.4) is 0 Å². The first-order valence-corrected chi connectivity index (χ1v) is 26.7. The molecule has 3 aliphatic rings. The number of thioether (sulfide) groups is 1. The predicted molar refractivity (Wildman–Crippen MR) is 240 cm³/mol. The van der Waals surface area contributed by atoms with Gasteiger partial charge >= 0.3 is 5.97 Å². The standard InChI is InChI=1S/C49H78O7SSi/c1-8-9-10-11-12-16-19-25-30-41(50)43-32-34-45(54-43)46-35-33-44(55-46)42(51)31-26-20-17-14-13-15-18-22-27-39(56-58(6,7)48(3,4)5)37-49(36-38(2)53-47(49)52)57-40-28-23-21-24-29-40/h21,23-24,28-29,38-39,41-46,50-51H,8-13,15-16,18-19,22,25,27,30-37H2,1-7H3/t38-,39+,41-,42+,43+,44+,45+,46+,49-/m1/s1. The SMILES string of the molecule is CCCCCCCCCC[C@@H](O)[C@@H]1CC[C@@H]([C@@H]2CC[C@@H]([C@@H](O)CC#CC#CCCCCC[C@@H](C[C@]3(Sc4ccccc4)C[C@@H](C)OC3=O)O[Si](C)(C)C(C)(C)C)O2)O1. The second-order valence-electron chi connectivity index (χ2n) is 18.9. The third-order valence-electron chi connectivity index (χ3n) is 12.9. The molecule has 7 nitrogen and oxygen atoms in total. The summed E-state index contributed by atoms with van der Waals surface area (Å²) >= 11 is 1.64. The van der Waals surface area contributed by atoms with E-state index in [1.54, 1.807) is 11.8 Å². The number of unbranched alkanes of at least 4 members (excludes halogenated alkanes) is 10. The summed E-state index contributed by atoms with van der Waals surface area (Å²) in [4.78, 5) is 14.5. The van der Waals surface area contributed by atoms with Crippen LogP contribution in [-0.4, -0.2) is 78.1 Å². The lowest BCUT2D eigenvalue weighted by atomic mass is 9.94. The summed E-state index contributed by atoms with van der Waals surface area (Å²) in [5, 5.41) is 21.7. The van der Waals surface area contributed by atoms with Crippen molar-refractivity contribution >= 4 is 26.0 Å². The summed E-state index contributed by atoms with van der Waals surface area (Å²) in [5.41, 5.74) is 0. The molecule has 0 spiro atoms. The van der Waals surface area contributed by atoms with Gasteiger partial charge < -0.3 is 28.8 Å². The normalized spacial score (nSPS) is 26.4. The Balaban J connectivity index is 1.14. The van der Waals surface area contributed by atoms with Crippen LogP contribution in [0, 0.1) is 23.7 Å². The summed E-state index contributed by atoms with van der Waals surface area (Å²) in [5.74, 6) is 12.1. The van der Waals surface area contributed by atoms with E-state index in [2.05, 4.69) is 76.6 Å². The lowest BCUT2D eigenvalue weighted by Gasteiger charge is -2.41. The predicted octanol–water partition coefficient (Wildman–Crippen LogP) is 11.3. The third kappa shape index (κ3) is 15.9. The summed E-state index contributed by atoms with van der Waals surface area (Å²) < 4.78 is 24.7. The van der Waals surface area contributed by atoms with Gasteiger partial charge in [-0.2, -0.15) is 0 Å². The van der Waals surface area contributed by atoms with E-state index >= 15 is 0 Å². The molecule has 9 heteroatoms. The molecule has 0 aliphatic carbocycles. The molecule has 1 aromatic rings. The van der Waals surface area contributed by atoms with Crippen molar-refractivity contribution in [2.45, 2.75) is 246 Å². The van der Waals surface area contributed by atoms with Crippen molar-refractivity contribution < 1.29 is 33.6 Å². The van der Waals surface area contributed by atoms with Gasteiger partial charge in [0, 0.05) is 30.3 Å². The number of hydrogen-bond acceptors (Lipinski definition) is 8. The van der Waals surface area contributed by atoms with Crippen molar-refractivity contribution in [3.8, 4) is 23.7 Å². The van der Waals surface area contributed by atoms with E-state index in [0.29, 0.717) is 19.3 Å². The molecule has 2 N–H and O–H groups in total. The van der Waals surface area contributed by atoms with Crippen LogP contribution in [0.15, 0.2) is 35.2 Å². The molecule has 9 atom stereocenters. The van der Waals surface area contributed by atoms with Gasteiger partial charge in [-0.1, -0.05) is 122 Å². The number of carbonyl (C=O) groups excluding carboxylic acids is 1. The average Bonchev–Trinajstić information content (AvgIpc) is 3.92. The molecule has 3 saturated heterocycles. The zero-order valence-corrected chi connectivity index (χ0v) is 39.0. The van der Waals surface area contributed by atoms with E-state index in [4.69, 9.17) is 18.6 Å². The van der Waals surface area contributed by atoms with E-state index in [0.717, 1.165) is 75.5 Å². The Kier molecular flexibility index (Phi) is 20.7. The molecule has 0 unspecified atom stereocenters. The van der Waals surface area contributed by atoms with E-state index < -0.39 is 25.3 Å². The van der Waals surface area contributed by atoms with Crippen molar-refractivity contribution in [2.24, 2.45) is 0 Å². The van der Waals surface area contributed by atoms with Crippen LogP contribution in [0.4, 0.5) is 0 Å². The molecule has 58 heavy (non-hydrogen) atoms. The Morgan fingerprint density at radius 1 is 0.828 bits per heavy atom. The maximum atomic E-state index is 13.4. The number of aliphatic hydroxyl groups is 2. The highest BCUT2D eigenvalue weighted by atomic mass is 32.2. The van der Waals surface area contributed by atoms with Crippen LogP contribution in [0.25, 0.3) is 0 Å². The molecule has 3 heterocycles. The maximum Gasteiger partial charge on any atom is 0.323 e.